The molecular weight excluding hydrogens is 306 g/mol. The molecule has 3 aliphatic rings. The van der Waals surface area contributed by atoms with Crippen molar-refractivity contribution >= 4 is 15.9 Å². The van der Waals surface area contributed by atoms with Crippen molar-refractivity contribution in [3.05, 3.63) is 0 Å². The molecule has 0 aliphatic carbocycles. The molecule has 0 N–H and O–H groups in total. The number of amides is 1. The van der Waals surface area contributed by atoms with Crippen LogP contribution in [0.3, 0.4) is 0 Å². The predicted molar refractivity (Wildman–Crippen MR) is 81.9 cm³/mol. The molecule has 0 unspecified atom stereocenters. The summed E-state index contributed by atoms with van der Waals surface area (Å²) in [6.07, 6.45) is 2.22. The number of fused-ring (bicyclic) bond motifs is 1. The van der Waals surface area contributed by atoms with Gasteiger partial charge in [-0.05, 0) is 25.8 Å². The summed E-state index contributed by atoms with van der Waals surface area (Å²) in [7, 11) is -1.12. The molecule has 3 rings (SSSR count). The number of rotatable bonds is 2. The topological polar surface area (TPSA) is 70.2 Å². The molecule has 1 amide bonds. The van der Waals surface area contributed by atoms with E-state index in [0.717, 1.165) is 39.0 Å². The molecule has 3 aliphatic heterocycles. The second-order valence-corrected chi connectivity index (χ2v) is 8.68. The summed E-state index contributed by atoms with van der Waals surface area (Å²) in [6, 6.07) is 0. The molecule has 0 spiro atoms. The molecule has 0 aromatic heterocycles. The Kier molecular flexibility index (Phi) is 4.46. The summed E-state index contributed by atoms with van der Waals surface area (Å²) < 4.78 is 30.7. The zero-order chi connectivity index (χ0) is 15.9. The molecule has 0 aromatic carbocycles. The van der Waals surface area contributed by atoms with Crippen molar-refractivity contribution < 1.29 is 17.9 Å². The summed E-state index contributed by atoms with van der Waals surface area (Å²) >= 11 is 0. The highest BCUT2D eigenvalue weighted by Gasteiger charge is 2.44. The minimum atomic E-state index is -3.18. The van der Waals surface area contributed by atoms with Gasteiger partial charge < -0.3 is 14.5 Å². The number of carbonyl (C=O) groups is 1. The molecule has 0 radical (unpaired) electrons. The van der Waals surface area contributed by atoms with Crippen molar-refractivity contribution in [3.8, 4) is 0 Å². The molecule has 0 saturated carbocycles. The number of carbonyl (C=O) groups excluding carboxylic acids is 1. The summed E-state index contributed by atoms with van der Waals surface area (Å²) in [5.41, 5.74) is 0. The number of sulfonamides is 1. The van der Waals surface area contributed by atoms with Gasteiger partial charge in [-0.2, -0.15) is 4.31 Å². The van der Waals surface area contributed by atoms with E-state index in [1.807, 2.05) is 4.90 Å². The molecule has 3 heterocycles. The molecule has 22 heavy (non-hydrogen) atoms. The smallest absolute Gasteiger partial charge is 0.251 e. The van der Waals surface area contributed by atoms with Gasteiger partial charge in [-0.15, -0.1) is 0 Å². The van der Waals surface area contributed by atoms with E-state index < -0.39 is 16.1 Å². The fraction of sp³-hybridized carbons (Fsp3) is 0.929. The average molecular weight is 331 g/mol. The van der Waals surface area contributed by atoms with Crippen molar-refractivity contribution in [1.29, 1.82) is 0 Å². The summed E-state index contributed by atoms with van der Waals surface area (Å²) in [6.45, 7) is 4.22. The van der Waals surface area contributed by atoms with Crippen LogP contribution in [0.5, 0.6) is 0 Å². The van der Waals surface area contributed by atoms with E-state index in [9.17, 15) is 13.2 Å². The first-order valence-electron chi connectivity index (χ1n) is 7.92. The maximum absolute atomic E-state index is 12.6. The van der Waals surface area contributed by atoms with Crippen molar-refractivity contribution in [2.24, 2.45) is 5.92 Å². The quantitative estimate of drug-likeness (QED) is 0.663. The van der Waals surface area contributed by atoms with Crippen LogP contribution in [0.2, 0.25) is 0 Å². The number of piperazine rings is 1. The average Bonchev–Trinajstić information content (AvgIpc) is 2.89. The first-order chi connectivity index (χ1) is 10.3. The third-order valence-corrected chi connectivity index (χ3v) is 6.34. The Hall–Kier alpha value is -0.700. The van der Waals surface area contributed by atoms with Gasteiger partial charge in [-0.3, -0.25) is 4.79 Å². The largest absolute Gasteiger partial charge is 0.363 e. The van der Waals surface area contributed by atoms with Gasteiger partial charge in [0, 0.05) is 39.3 Å². The second kappa shape index (κ2) is 6.07. The van der Waals surface area contributed by atoms with Crippen LogP contribution in [-0.4, -0.2) is 93.2 Å². The Bertz CT molecular complexity index is 530. The van der Waals surface area contributed by atoms with Gasteiger partial charge in [-0.25, -0.2) is 8.42 Å². The highest BCUT2D eigenvalue weighted by Crippen LogP contribution is 2.34. The first kappa shape index (κ1) is 16.2. The van der Waals surface area contributed by atoms with Crippen LogP contribution < -0.4 is 0 Å². The SMILES string of the molecule is CN1CCN(C(=O)[C@H]2C[C@@H]3CCN(S(C)(=O)=O)C[C@H]3O2)CC1. The molecule has 3 saturated heterocycles. The van der Waals surface area contributed by atoms with E-state index in [4.69, 9.17) is 4.74 Å². The number of nitrogens with zero attached hydrogens (tertiary/aromatic N) is 3. The zero-order valence-corrected chi connectivity index (χ0v) is 14.1. The Morgan fingerprint density at radius 2 is 1.82 bits per heavy atom. The summed E-state index contributed by atoms with van der Waals surface area (Å²) in [4.78, 5) is 16.7. The highest BCUT2D eigenvalue weighted by atomic mass is 32.2. The standard InChI is InChI=1S/C14H25N3O4S/c1-15-5-7-16(8-6-15)14(18)12-9-11-3-4-17(22(2,19)20)10-13(11)21-12/h11-13H,3-10H2,1-2H3/t11-,12+,13+/m0/s1. The van der Waals surface area contributed by atoms with Crippen LogP contribution in [0.25, 0.3) is 0 Å². The van der Waals surface area contributed by atoms with Crippen molar-refractivity contribution in [2.75, 3.05) is 52.6 Å². The van der Waals surface area contributed by atoms with Crippen molar-refractivity contribution in [1.82, 2.24) is 14.1 Å². The van der Waals surface area contributed by atoms with E-state index in [2.05, 4.69) is 11.9 Å². The molecule has 0 bridgehead atoms. The molecule has 3 fully saturated rings. The zero-order valence-electron chi connectivity index (χ0n) is 13.3. The second-order valence-electron chi connectivity index (χ2n) is 6.70. The lowest BCUT2D eigenvalue weighted by molar-refractivity contribution is -0.144. The Balaban J connectivity index is 1.59. The minimum Gasteiger partial charge on any atom is -0.363 e. The lowest BCUT2D eigenvalue weighted by Crippen LogP contribution is -2.50. The number of ether oxygens (including phenoxy) is 1. The van der Waals surface area contributed by atoms with Gasteiger partial charge in [0.1, 0.15) is 6.10 Å². The number of piperidine rings is 1. The Labute approximate surface area is 132 Å². The van der Waals surface area contributed by atoms with Gasteiger partial charge >= 0.3 is 0 Å². The molecule has 3 atom stereocenters. The predicted octanol–water partition coefficient (Wildman–Crippen LogP) is -0.801. The van der Waals surface area contributed by atoms with Crippen LogP contribution in [-0.2, 0) is 19.6 Å². The van der Waals surface area contributed by atoms with Crippen molar-refractivity contribution in [3.63, 3.8) is 0 Å². The van der Waals surface area contributed by atoms with E-state index in [-0.39, 0.29) is 12.0 Å². The Morgan fingerprint density at radius 3 is 2.45 bits per heavy atom. The fourth-order valence-electron chi connectivity index (χ4n) is 3.59. The number of likely N-dealkylation sites (N-methyl/N-ethyl adjacent to an activating group) is 1. The molecule has 0 aromatic rings. The van der Waals surface area contributed by atoms with Gasteiger partial charge in [0.2, 0.25) is 10.0 Å². The van der Waals surface area contributed by atoms with Gasteiger partial charge in [0.05, 0.1) is 12.4 Å². The van der Waals surface area contributed by atoms with Crippen LogP contribution in [0.15, 0.2) is 0 Å². The van der Waals surface area contributed by atoms with Gasteiger partial charge in [-0.1, -0.05) is 0 Å². The van der Waals surface area contributed by atoms with Crippen LogP contribution in [0, 0.1) is 5.92 Å². The molecular formula is C14H25N3O4S. The molecule has 7 nitrogen and oxygen atoms in total. The third-order valence-electron chi connectivity index (χ3n) is 5.07. The van der Waals surface area contributed by atoms with Crippen LogP contribution >= 0.6 is 0 Å². The maximum atomic E-state index is 12.6. The Morgan fingerprint density at radius 1 is 1.14 bits per heavy atom. The highest BCUT2D eigenvalue weighted by molar-refractivity contribution is 7.88. The third kappa shape index (κ3) is 3.29. The lowest BCUT2D eigenvalue weighted by atomic mass is 9.92. The summed E-state index contributed by atoms with van der Waals surface area (Å²) in [5.74, 6) is 0.382. The van der Waals surface area contributed by atoms with E-state index >= 15 is 0 Å². The molecule has 8 heteroatoms. The lowest BCUT2D eigenvalue weighted by Gasteiger charge is -2.34. The number of hydrogen-bond donors (Lipinski definition) is 0. The van der Waals surface area contributed by atoms with Crippen molar-refractivity contribution in [2.45, 2.75) is 25.0 Å². The van der Waals surface area contributed by atoms with E-state index in [1.165, 1.54) is 10.6 Å². The van der Waals surface area contributed by atoms with Crippen LogP contribution in [0.4, 0.5) is 0 Å². The monoisotopic (exact) mass is 331 g/mol. The normalized spacial score (nSPS) is 34.6. The minimum absolute atomic E-state index is 0.0772. The van der Waals surface area contributed by atoms with E-state index in [1.54, 1.807) is 0 Å². The van der Waals surface area contributed by atoms with Gasteiger partial charge in [0.25, 0.3) is 5.91 Å². The fourth-order valence-corrected chi connectivity index (χ4v) is 4.45. The first-order valence-corrected chi connectivity index (χ1v) is 9.77. The molecule has 126 valence electrons. The maximum Gasteiger partial charge on any atom is 0.251 e. The van der Waals surface area contributed by atoms with Crippen LogP contribution in [0.1, 0.15) is 12.8 Å². The van der Waals surface area contributed by atoms with E-state index in [0.29, 0.717) is 19.0 Å². The number of hydrogen-bond acceptors (Lipinski definition) is 5. The summed E-state index contributed by atoms with van der Waals surface area (Å²) in [5, 5.41) is 0. The van der Waals surface area contributed by atoms with Gasteiger partial charge in [0.15, 0.2) is 0 Å².